The molecular weight excluding hydrogens is 408 g/mol. The number of imide groups is 2. The van der Waals surface area contributed by atoms with Gasteiger partial charge in [-0.3, -0.25) is 24.1 Å². The van der Waals surface area contributed by atoms with Gasteiger partial charge in [0.2, 0.25) is 11.8 Å². The molecule has 3 unspecified atom stereocenters. The van der Waals surface area contributed by atoms with Crippen LogP contribution in [0.5, 0.6) is 0 Å². The molecule has 3 aliphatic rings. The Kier molecular flexibility index (Phi) is 5.64. The number of fused-ring (bicyclic) bond motifs is 2. The highest BCUT2D eigenvalue weighted by Gasteiger charge is 2.53. The van der Waals surface area contributed by atoms with Gasteiger partial charge >= 0.3 is 5.97 Å². The molecule has 0 spiro atoms. The van der Waals surface area contributed by atoms with Gasteiger partial charge in [-0.05, 0) is 43.4 Å². The maximum Gasteiger partial charge on any atom is 0.356 e. The number of carbonyl (C=O) groups excluding carboxylic acids is 5. The first-order valence-corrected chi connectivity index (χ1v) is 11.4. The van der Waals surface area contributed by atoms with E-state index in [1.54, 1.807) is 12.1 Å². The Morgan fingerprint density at radius 2 is 1.57 bits per heavy atom. The van der Waals surface area contributed by atoms with E-state index in [9.17, 15) is 24.0 Å². The van der Waals surface area contributed by atoms with Crippen LogP contribution in [-0.4, -0.2) is 57.6 Å². The number of amides is 4. The van der Waals surface area contributed by atoms with E-state index in [0.29, 0.717) is 23.7 Å². The molecule has 30 heavy (non-hydrogen) atoms. The monoisotopic (exact) mass is 430 g/mol. The molecule has 3 atom stereocenters. The SMILES string of the molecule is CSCCC(C(=O)ON1C(=O)c2ccccc2C1=O)N1C(=O)C2CCCCC2C1=O. The topological polar surface area (TPSA) is 101 Å². The molecule has 1 aromatic carbocycles. The lowest BCUT2D eigenvalue weighted by Gasteiger charge is -2.26. The summed E-state index contributed by atoms with van der Waals surface area (Å²) in [6, 6.07) is 5.02. The van der Waals surface area contributed by atoms with Gasteiger partial charge in [-0.25, -0.2) is 4.79 Å². The van der Waals surface area contributed by atoms with Gasteiger partial charge in [0.05, 0.1) is 23.0 Å². The zero-order valence-corrected chi connectivity index (χ0v) is 17.4. The first kappa shape index (κ1) is 20.6. The molecule has 1 aromatic rings. The Morgan fingerprint density at radius 3 is 2.07 bits per heavy atom. The summed E-state index contributed by atoms with van der Waals surface area (Å²) >= 11 is 1.46. The van der Waals surface area contributed by atoms with Crippen LogP contribution in [0.3, 0.4) is 0 Å². The van der Waals surface area contributed by atoms with Crippen molar-refractivity contribution in [1.29, 1.82) is 0 Å². The van der Waals surface area contributed by atoms with Crippen molar-refractivity contribution < 1.29 is 28.8 Å². The van der Waals surface area contributed by atoms with Crippen molar-refractivity contribution in [2.75, 3.05) is 12.0 Å². The summed E-state index contributed by atoms with van der Waals surface area (Å²) in [4.78, 5) is 70.1. The predicted octanol–water partition coefficient (Wildman–Crippen LogP) is 2.04. The third-order valence-electron chi connectivity index (χ3n) is 5.99. The minimum atomic E-state index is -1.16. The molecule has 4 rings (SSSR count). The highest BCUT2D eigenvalue weighted by Crippen LogP contribution is 2.39. The van der Waals surface area contributed by atoms with Crippen molar-refractivity contribution in [2.45, 2.75) is 38.1 Å². The number of hydrogen-bond acceptors (Lipinski definition) is 7. The average molecular weight is 430 g/mol. The standard InChI is InChI=1S/C21H22N2O6S/c1-30-11-10-16(22-17(24)12-6-2-3-7-13(12)18(22)25)21(28)29-23-19(26)14-8-4-5-9-15(14)20(23)27/h4-5,8-9,12-13,16H,2-3,6-7,10-11H2,1H3. The summed E-state index contributed by atoms with van der Waals surface area (Å²) in [6.45, 7) is 0. The van der Waals surface area contributed by atoms with Gasteiger partial charge in [-0.2, -0.15) is 11.8 Å². The van der Waals surface area contributed by atoms with Crippen molar-refractivity contribution in [2.24, 2.45) is 11.8 Å². The first-order valence-electron chi connectivity index (χ1n) is 10.0. The number of benzene rings is 1. The molecule has 1 saturated heterocycles. The quantitative estimate of drug-likeness (QED) is 0.637. The van der Waals surface area contributed by atoms with Crippen LogP contribution >= 0.6 is 11.8 Å². The van der Waals surface area contributed by atoms with Gasteiger partial charge < -0.3 is 4.84 Å². The Bertz CT molecular complexity index is 873. The van der Waals surface area contributed by atoms with Crippen LogP contribution in [0.25, 0.3) is 0 Å². The summed E-state index contributed by atoms with van der Waals surface area (Å²) in [6.07, 6.45) is 5.06. The Hall–Kier alpha value is -2.68. The van der Waals surface area contributed by atoms with E-state index in [0.717, 1.165) is 17.7 Å². The zero-order chi connectivity index (χ0) is 21.4. The molecule has 0 radical (unpaired) electrons. The fraction of sp³-hybridized carbons (Fsp3) is 0.476. The predicted molar refractivity (Wildman–Crippen MR) is 107 cm³/mol. The number of hydroxylamine groups is 2. The van der Waals surface area contributed by atoms with E-state index >= 15 is 0 Å². The lowest BCUT2D eigenvalue weighted by molar-refractivity contribution is -0.178. The second kappa shape index (κ2) is 8.22. The number of rotatable bonds is 6. The second-order valence-corrected chi connectivity index (χ2v) is 8.69. The van der Waals surface area contributed by atoms with Gasteiger partial charge in [0, 0.05) is 0 Å². The maximum atomic E-state index is 13.0. The van der Waals surface area contributed by atoms with Crippen LogP contribution < -0.4 is 0 Å². The molecular formula is C21H22N2O6S. The summed E-state index contributed by atoms with van der Waals surface area (Å²) < 4.78 is 0. The first-order chi connectivity index (χ1) is 14.5. The van der Waals surface area contributed by atoms with Crippen molar-refractivity contribution in [3.8, 4) is 0 Å². The van der Waals surface area contributed by atoms with Gasteiger partial charge in [-0.15, -0.1) is 0 Å². The highest BCUT2D eigenvalue weighted by molar-refractivity contribution is 7.98. The van der Waals surface area contributed by atoms with Gasteiger partial charge in [0.15, 0.2) is 0 Å². The molecule has 0 bridgehead atoms. The number of thioether (sulfide) groups is 1. The Balaban J connectivity index is 1.56. The summed E-state index contributed by atoms with van der Waals surface area (Å²) in [5, 5.41) is 0.428. The normalized spacial score (nSPS) is 24.2. The maximum absolute atomic E-state index is 13.0. The largest absolute Gasteiger partial charge is 0.356 e. The van der Waals surface area contributed by atoms with Crippen molar-refractivity contribution >= 4 is 41.4 Å². The third-order valence-corrected chi connectivity index (χ3v) is 6.64. The van der Waals surface area contributed by atoms with Gasteiger partial charge in [0.1, 0.15) is 6.04 Å². The summed E-state index contributed by atoms with van der Waals surface area (Å²) in [7, 11) is 0. The van der Waals surface area contributed by atoms with Crippen LogP contribution in [-0.2, 0) is 19.2 Å². The molecule has 4 amide bonds. The molecule has 2 aliphatic heterocycles. The van der Waals surface area contributed by atoms with E-state index in [1.165, 1.54) is 23.9 Å². The molecule has 1 aliphatic carbocycles. The smallest absolute Gasteiger partial charge is 0.327 e. The van der Waals surface area contributed by atoms with E-state index in [4.69, 9.17) is 4.84 Å². The van der Waals surface area contributed by atoms with E-state index in [2.05, 4.69) is 0 Å². The van der Waals surface area contributed by atoms with E-state index in [-0.39, 0.29) is 29.4 Å². The molecule has 0 aromatic heterocycles. The summed E-state index contributed by atoms with van der Waals surface area (Å²) in [5.74, 6) is -3.40. The fourth-order valence-corrected chi connectivity index (χ4v) is 4.94. The number of likely N-dealkylation sites (tertiary alicyclic amines) is 1. The fourth-order valence-electron chi connectivity index (χ4n) is 4.48. The van der Waals surface area contributed by atoms with E-state index in [1.807, 2.05) is 6.26 Å². The molecule has 9 heteroatoms. The van der Waals surface area contributed by atoms with Crippen molar-refractivity contribution in [3.63, 3.8) is 0 Å². The highest BCUT2D eigenvalue weighted by atomic mass is 32.2. The summed E-state index contributed by atoms with van der Waals surface area (Å²) in [5.41, 5.74) is 0.297. The molecule has 8 nitrogen and oxygen atoms in total. The average Bonchev–Trinajstić information content (AvgIpc) is 3.15. The van der Waals surface area contributed by atoms with Crippen molar-refractivity contribution in [1.82, 2.24) is 9.96 Å². The van der Waals surface area contributed by atoms with Crippen molar-refractivity contribution in [3.05, 3.63) is 35.4 Å². The lowest BCUT2D eigenvalue weighted by atomic mass is 9.81. The van der Waals surface area contributed by atoms with Crippen LogP contribution in [0.15, 0.2) is 24.3 Å². The molecule has 2 heterocycles. The lowest BCUT2D eigenvalue weighted by Crippen LogP contribution is -2.49. The van der Waals surface area contributed by atoms with Crippen LogP contribution in [0.1, 0.15) is 52.8 Å². The minimum absolute atomic E-state index is 0.148. The van der Waals surface area contributed by atoms with E-state index < -0.39 is 35.7 Å². The molecule has 158 valence electrons. The number of hydrogen-bond donors (Lipinski definition) is 0. The number of nitrogens with zero attached hydrogens (tertiary/aromatic N) is 2. The number of carbonyl (C=O) groups is 5. The molecule has 1 saturated carbocycles. The van der Waals surface area contributed by atoms with Gasteiger partial charge in [0.25, 0.3) is 11.8 Å². The van der Waals surface area contributed by atoms with Crippen LogP contribution in [0.4, 0.5) is 0 Å². The third kappa shape index (κ3) is 3.30. The Labute approximate surface area is 177 Å². The second-order valence-electron chi connectivity index (χ2n) is 7.70. The van der Waals surface area contributed by atoms with Crippen LogP contribution in [0.2, 0.25) is 0 Å². The van der Waals surface area contributed by atoms with Crippen LogP contribution in [0, 0.1) is 11.8 Å². The zero-order valence-electron chi connectivity index (χ0n) is 16.5. The van der Waals surface area contributed by atoms with Gasteiger partial charge in [-0.1, -0.05) is 30.0 Å². The molecule has 2 fully saturated rings. The Morgan fingerprint density at radius 1 is 1.03 bits per heavy atom. The molecule has 0 N–H and O–H groups in total. The minimum Gasteiger partial charge on any atom is -0.327 e.